The molecule has 2 unspecified atom stereocenters. The highest BCUT2D eigenvalue weighted by Gasteiger charge is 2.21. The minimum atomic E-state index is 0.734. The van der Waals surface area contributed by atoms with Gasteiger partial charge in [-0.15, -0.1) is 0 Å². The van der Waals surface area contributed by atoms with Crippen molar-refractivity contribution in [3.05, 3.63) is 0 Å². The van der Waals surface area contributed by atoms with Crippen LogP contribution in [0.4, 0.5) is 0 Å². The molecule has 2 N–H and O–H groups in total. The molecule has 4 nitrogen and oxygen atoms in total. The second-order valence-corrected chi connectivity index (χ2v) is 6.56. The van der Waals surface area contributed by atoms with Crippen LogP contribution in [0, 0.1) is 11.8 Å². The summed E-state index contributed by atoms with van der Waals surface area (Å²) >= 11 is 0. The van der Waals surface area contributed by atoms with Crippen molar-refractivity contribution in [3.8, 4) is 0 Å². The first kappa shape index (κ1) is 19.3. The molecule has 4 heteroatoms. The molecule has 1 rings (SSSR count). The Morgan fingerprint density at radius 1 is 1.23 bits per heavy atom. The van der Waals surface area contributed by atoms with Gasteiger partial charge in [0.25, 0.3) is 0 Å². The van der Waals surface area contributed by atoms with Gasteiger partial charge in [-0.25, -0.2) is 0 Å². The molecule has 0 aromatic carbocycles. The average molecular weight is 311 g/mol. The summed E-state index contributed by atoms with van der Waals surface area (Å²) in [6.45, 7) is 15.6. The van der Waals surface area contributed by atoms with Gasteiger partial charge < -0.3 is 15.5 Å². The van der Waals surface area contributed by atoms with Gasteiger partial charge in [0, 0.05) is 26.2 Å². The topological polar surface area (TPSA) is 39.7 Å². The zero-order valence-corrected chi connectivity index (χ0v) is 15.3. The molecule has 1 aliphatic rings. The van der Waals surface area contributed by atoms with Crippen molar-refractivity contribution in [2.45, 2.75) is 59.8 Å². The van der Waals surface area contributed by atoms with Crippen molar-refractivity contribution in [2.24, 2.45) is 16.8 Å². The predicted octanol–water partition coefficient (Wildman–Crippen LogP) is 3.10. The predicted molar refractivity (Wildman–Crippen MR) is 97.5 cm³/mol. The Kier molecular flexibility index (Phi) is 10.3. The number of nitrogens with zero attached hydrogens (tertiary/aromatic N) is 2. The quantitative estimate of drug-likeness (QED) is 0.481. The fourth-order valence-electron chi connectivity index (χ4n) is 3.09. The van der Waals surface area contributed by atoms with Crippen LogP contribution in [0.1, 0.15) is 59.8 Å². The monoisotopic (exact) mass is 310 g/mol. The number of nitrogens with one attached hydrogen (secondary N) is 2. The van der Waals surface area contributed by atoms with Crippen LogP contribution in [0.3, 0.4) is 0 Å². The molecule has 0 spiro atoms. The van der Waals surface area contributed by atoms with Crippen molar-refractivity contribution in [2.75, 3.05) is 39.3 Å². The third-order valence-electron chi connectivity index (χ3n) is 4.77. The molecule has 1 saturated heterocycles. The number of hydrogen-bond donors (Lipinski definition) is 2. The van der Waals surface area contributed by atoms with Crippen LogP contribution in [0.15, 0.2) is 4.99 Å². The molecule has 0 aromatic rings. The fraction of sp³-hybridized carbons (Fsp3) is 0.944. The third-order valence-corrected chi connectivity index (χ3v) is 4.77. The SMILES string of the molecule is CCCCC(CC)CN=C(NCC)NCC1CCN(CC)C1. The van der Waals surface area contributed by atoms with Crippen molar-refractivity contribution < 1.29 is 0 Å². The lowest BCUT2D eigenvalue weighted by atomic mass is 10.00. The largest absolute Gasteiger partial charge is 0.357 e. The van der Waals surface area contributed by atoms with Crippen molar-refractivity contribution in [1.82, 2.24) is 15.5 Å². The fourth-order valence-corrected chi connectivity index (χ4v) is 3.09. The Bertz CT molecular complexity index is 303. The van der Waals surface area contributed by atoms with E-state index in [-0.39, 0.29) is 0 Å². The van der Waals surface area contributed by atoms with Crippen LogP contribution in [0.5, 0.6) is 0 Å². The highest BCUT2D eigenvalue weighted by atomic mass is 15.2. The smallest absolute Gasteiger partial charge is 0.191 e. The van der Waals surface area contributed by atoms with E-state index >= 15 is 0 Å². The number of guanidine groups is 1. The Labute approximate surface area is 138 Å². The minimum absolute atomic E-state index is 0.734. The molecule has 1 aliphatic heterocycles. The van der Waals surface area contributed by atoms with Gasteiger partial charge in [-0.3, -0.25) is 4.99 Å². The van der Waals surface area contributed by atoms with Gasteiger partial charge in [0.1, 0.15) is 0 Å². The normalized spacial score (nSPS) is 21.1. The molecule has 0 amide bonds. The Hall–Kier alpha value is -0.770. The second-order valence-electron chi connectivity index (χ2n) is 6.56. The van der Waals surface area contributed by atoms with Crippen LogP contribution in [0.2, 0.25) is 0 Å². The summed E-state index contributed by atoms with van der Waals surface area (Å²) in [5, 5.41) is 6.95. The number of rotatable bonds is 10. The van der Waals surface area contributed by atoms with E-state index in [1.165, 1.54) is 51.7 Å². The molecule has 2 atom stereocenters. The van der Waals surface area contributed by atoms with Gasteiger partial charge in [0.05, 0.1) is 0 Å². The van der Waals surface area contributed by atoms with Gasteiger partial charge in [0.15, 0.2) is 5.96 Å². The van der Waals surface area contributed by atoms with E-state index in [1.54, 1.807) is 0 Å². The van der Waals surface area contributed by atoms with Crippen LogP contribution < -0.4 is 10.6 Å². The lowest BCUT2D eigenvalue weighted by Gasteiger charge is -2.17. The molecule has 22 heavy (non-hydrogen) atoms. The number of aliphatic imine (C=N–C) groups is 1. The molecule has 0 bridgehead atoms. The molecule has 1 heterocycles. The molecule has 130 valence electrons. The average Bonchev–Trinajstić information content (AvgIpc) is 3.00. The second kappa shape index (κ2) is 11.8. The molecular weight excluding hydrogens is 272 g/mol. The van der Waals surface area contributed by atoms with E-state index in [2.05, 4.69) is 43.2 Å². The van der Waals surface area contributed by atoms with E-state index in [0.29, 0.717) is 0 Å². The number of likely N-dealkylation sites (tertiary alicyclic amines) is 1. The third kappa shape index (κ3) is 7.48. The summed E-state index contributed by atoms with van der Waals surface area (Å²) in [7, 11) is 0. The van der Waals surface area contributed by atoms with Gasteiger partial charge in [0.2, 0.25) is 0 Å². The van der Waals surface area contributed by atoms with Crippen LogP contribution >= 0.6 is 0 Å². The molecule has 0 radical (unpaired) electrons. The van der Waals surface area contributed by atoms with Crippen molar-refractivity contribution >= 4 is 5.96 Å². The van der Waals surface area contributed by atoms with Gasteiger partial charge in [-0.05, 0) is 44.7 Å². The van der Waals surface area contributed by atoms with Crippen LogP contribution in [-0.4, -0.2) is 50.1 Å². The zero-order chi connectivity index (χ0) is 16.2. The maximum Gasteiger partial charge on any atom is 0.191 e. The highest BCUT2D eigenvalue weighted by Crippen LogP contribution is 2.15. The first-order valence-electron chi connectivity index (χ1n) is 9.47. The summed E-state index contributed by atoms with van der Waals surface area (Å²) < 4.78 is 0. The van der Waals surface area contributed by atoms with Crippen LogP contribution in [0.25, 0.3) is 0 Å². The number of unbranched alkanes of at least 4 members (excludes halogenated alkanes) is 1. The van der Waals surface area contributed by atoms with E-state index in [0.717, 1.165) is 37.4 Å². The molecular formula is C18H38N4. The van der Waals surface area contributed by atoms with E-state index in [1.807, 2.05) is 0 Å². The van der Waals surface area contributed by atoms with Crippen LogP contribution in [-0.2, 0) is 0 Å². The highest BCUT2D eigenvalue weighted by molar-refractivity contribution is 5.79. The number of hydrogen-bond acceptors (Lipinski definition) is 2. The maximum absolute atomic E-state index is 4.82. The first-order chi connectivity index (χ1) is 10.7. The molecule has 1 fully saturated rings. The Balaban J connectivity index is 2.37. The zero-order valence-electron chi connectivity index (χ0n) is 15.3. The van der Waals surface area contributed by atoms with Gasteiger partial charge in [-0.2, -0.15) is 0 Å². The standard InChI is InChI=1S/C18H38N4/c1-5-9-10-16(6-2)13-20-18(19-7-3)21-14-17-11-12-22(8-4)15-17/h16-17H,5-15H2,1-4H3,(H2,19,20,21). The van der Waals surface area contributed by atoms with Gasteiger partial charge in [-0.1, -0.05) is 40.0 Å². The lowest BCUT2D eigenvalue weighted by molar-refractivity contribution is 0.341. The van der Waals surface area contributed by atoms with E-state index < -0.39 is 0 Å². The van der Waals surface area contributed by atoms with E-state index in [9.17, 15) is 0 Å². The summed E-state index contributed by atoms with van der Waals surface area (Å²) in [6.07, 6.45) is 6.47. The first-order valence-corrected chi connectivity index (χ1v) is 9.47. The minimum Gasteiger partial charge on any atom is -0.357 e. The Morgan fingerprint density at radius 3 is 2.64 bits per heavy atom. The molecule has 0 saturated carbocycles. The maximum atomic E-state index is 4.82. The van der Waals surface area contributed by atoms with Crippen molar-refractivity contribution in [3.63, 3.8) is 0 Å². The summed E-state index contributed by atoms with van der Waals surface area (Å²) in [4.78, 5) is 7.35. The molecule has 0 aliphatic carbocycles. The van der Waals surface area contributed by atoms with Crippen molar-refractivity contribution in [1.29, 1.82) is 0 Å². The lowest BCUT2D eigenvalue weighted by Crippen LogP contribution is -2.40. The van der Waals surface area contributed by atoms with E-state index in [4.69, 9.17) is 4.99 Å². The molecule has 0 aromatic heterocycles. The van der Waals surface area contributed by atoms with Gasteiger partial charge >= 0.3 is 0 Å². The Morgan fingerprint density at radius 2 is 2.05 bits per heavy atom. The summed E-state index contributed by atoms with van der Waals surface area (Å²) in [5.41, 5.74) is 0. The summed E-state index contributed by atoms with van der Waals surface area (Å²) in [6, 6.07) is 0. The summed E-state index contributed by atoms with van der Waals surface area (Å²) in [5.74, 6) is 2.51.